The second-order valence-electron chi connectivity index (χ2n) is 8.32. The molecule has 26 heavy (non-hydrogen) atoms. The van der Waals surface area contributed by atoms with E-state index in [2.05, 4.69) is 32.9 Å². The van der Waals surface area contributed by atoms with Crippen molar-refractivity contribution in [2.45, 2.75) is 85.0 Å². The van der Waals surface area contributed by atoms with Crippen molar-refractivity contribution in [1.82, 2.24) is 0 Å². The summed E-state index contributed by atoms with van der Waals surface area (Å²) in [6.07, 6.45) is 14.6. The largest absolute Gasteiger partial charge is 0.508 e. The van der Waals surface area contributed by atoms with Crippen molar-refractivity contribution >= 4 is 12.1 Å². The first-order chi connectivity index (χ1) is 12.3. The van der Waals surface area contributed by atoms with E-state index in [0.29, 0.717) is 30.0 Å². The minimum atomic E-state index is -0.714. The van der Waals surface area contributed by atoms with Crippen LogP contribution in [0.25, 0.3) is 0 Å². The lowest BCUT2D eigenvalue weighted by Gasteiger charge is -2.23. The number of rotatable bonds is 12. The first kappa shape index (κ1) is 22.5. The molecular formula is C22H35O4. The fourth-order valence-electron chi connectivity index (χ4n) is 3.69. The maximum absolute atomic E-state index is 12.2. The zero-order valence-electron chi connectivity index (χ0n) is 16.6. The highest BCUT2D eigenvalue weighted by molar-refractivity contribution is 5.83. The Balaban J connectivity index is 2.45. The standard InChI is InChI=1S/C22H35O4/c1-4-5-14-22(2,3)15-8-9-17-12-13-19(24)18(17)10-6-7-11-20(25)21(26)16-23/h8-9,17-18,25-26H,4-7,10-15H2,1-3H3/b9-8+,21-20+/t17-,18+/m0/s1. The third-order valence-corrected chi connectivity index (χ3v) is 5.46. The third-order valence-electron chi connectivity index (χ3n) is 5.46. The third kappa shape index (κ3) is 7.76. The number of aliphatic hydroxyl groups is 2. The van der Waals surface area contributed by atoms with Crippen molar-refractivity contribution in [2.24, 2.45) is 17.3 Å². The number of carbonyl (C=O) groups excluding carboxylic acids is 2. The van der Waals surface area contributed by atoms with Crippen LogP contribution >= 0.6 is 0 Å². The van der Waals surface area contributed by atoms with Crippen molar-refractivity contribution in [3.63, 3.8) is 0 Å². The Bertz CT molecular complexity index is 516. The van der Waals surface area contributed by atoms with Crippen LogP contribution < -0.4 is 0 Å². The van der Waals surface area contributed by atoms with Gasteiger partial charge in [0.25, 0.3) is 6.29 Å². The van der Waals surface area contributed by atoms with Crippen molar-refractivity contribution in [1.29, 1.82) is 0 Å². The molecule has 0 aromatic heterocycles. The zero-order chi connectivity index (χ0) is 19.6. The van der Waals surface area contributed by atoms with Gasteiger partial charge in [0.15, 0.2) is 0 Å². The van der Waals surface area contributed by atoms with Gasteiger partial charge in [-0.3, -0.25) is 9.59 Å². The Morgan fingerprint density at radius 3 is 2.65 bits per heavy atom. The fraction of sp³-hybridized carbons (Fsp3) is 0.727. The van der Waals surface area contributed by atoms with Crippen LogP contribution in [-0.2, 0) is 9.59 Å². The SMILES string of the molecule is CCCCC(C)(C)C/C=C/[C@H]1CCC(=O)[C@@H]1CCCC/C(O)=C(\O)[C]=O. The van der Waals surface area contributed by atoms with E-state index < -0.39 is 5.76 Å². The number of Topliss-reactive ketones (excluding diaryl/α,β-unsaturated/α-hetero) is 1. The molecule has 0 unspecified atom stereocenters. The fourth-order valence-corrected chi connectivity index (χ4v) is 3.69. The van der Waals surface area contributed by atoms with Crippen molar-refractivity contribution < 1.29 is 19.8 Å². The van der Waals surface area contributed by atoms with Crippen LogP contribution in [0.2, 0.25) is 0 Å². The summed E-state index contributed by atoms with van der Waals surface area (Å²) in [5, 5.41) is 18.5. The van der Waals surface area contributed by atoms with Gasteiger partial charge in [0.1, 0.15) is 11.5 Å². The van der Waals surface area contributed by atoms with E-state index in [-0.39, 0.29) is 18.1 Å². The topological polar surface area (TPSA) is 74.6 Å². The molecule has 2 atom stereocenters. The summed E-state index contributed by atoms with van der Waals surface area (Å²) in [6, 6.07) is 0. The number of unbranched alkanes of at least 4 members (excludes halogenated alkanes) is 2. The van der Waals surface area contributed by atoms with Crippen LogP contribution in [0.3, 0.4) is 0 Å². The average Bonchev–Trinajstić information content (AvgIpc) is 2.95. The highest BCUT2D eigenvalue weighted by Crippen LogP contribution is 2.35. The Morgan fingerprint density at radius 1 is 1.27 bits per heavy atom. The lowest BCUT2D eigenvalue weighted by Crippen LogP contribution is -2.14. The highest BCUT2D eigenvalue weighted by atomic mass is 16.3. The smallest absolute Gasteiger partial charge is 0.274 e. The summed E-state index contributed by atoms with van der Waals surface area (Å²) in [5.41, 5.74) is 0.312. The molecule has 0 amide bonds. The molecule has 4 nitrogen and oxygen atoms in total. The first-order valence-corrected chi connectivity index (χ1v) is 9.99. The normalized spacial score (nSPS) is 22.0. The lowest BCUT2D eigenvalue weighted by molar-refractivity contribution is -0.121. The molecule has 1 aliphatic carbocycles. The molecular weight excluding hydrogens is 328 g/mol. The molecule has 0 saturated heterocycles. The molecule has 0 aliphatic heterocycles. The van der Waals surface area contributed by atoms with E-state index in [1.54, 1.807) is 0 Å². The Kier molecular flexibility index (Phi) is 9.68. The second-order valence-corrected chi connectivity index (χ2v) is 8.32. The van der Waals surface area contributed by atoms with Gasteiger partial charge in [-0.1, -0.05) is 52.2 Å². The number of carbonyl (C=O) groups is 1. The van der Waals surface area contributed by atoms with E-state index in [0.717, 1.165) is 25.7 Å². The van der Waals surface area contributed by atoms with Crippen LogP contribution in [0.5, 0.6) is 0 Å². The lowest BCUT2D eigenvalue weighted by atomic mass is 9.83. The second kappa shape index (κ2) is 11.2. The summed E-state index contributed by atoms with van der Waals surface area (Å²) in [6.45, 7) is 6.82. The maximum Gasteiger partial charge on any atom is 0.274 e. The summed E-state index contributed by atoms with van der Waals surface area (Å²) >= 11 is 0. The molecule has 0 aromatic carbocycles. The number of hydrogen-bond acceptors (Lipinski definition) is 4. The average molecular weight is 364 g/mol. The quantitative estimate of drug-likeness (QED) is 0.201. The summed E-state index contributed by atoms with van der Waals surface area (Å²) in [5.74, 6) is -0.293. The minimum Gasteiger partial charge on any atom is -0.508 e. The molecule has 4 heteroatoms. The molecule has 1 rings (SSSR count). The van der Waals surface area contributed by atoms with Gasteiger partial charge in [-0.05, 0) is 43.4 Å². The van der Waals surface area contributed by atoms with E-state index in [4.69, 9.17) is 5.11 Å². The maximum atomic E-state index is 12.2. The number of hydrogen-bond donors (Lipinski definition) is 2. The number of aliphatic hydroxyl groups excluding tert-OH is 2. The van der Waals surface area contributed by atoms with Crippen LogP contribution in [0.4, 0.5) is 0 Å². The van der Waals surface area contributed by atoms with E-state index >= 15 is 0 Å². The first-order valence-electron chi connectivity index (χ1n) is 9.99. The zero-order valence-corrected chi connectivity index (χ0v) is 16.6. The molecule has 0 heterocycles. The van der Waals surface area contributed by atoms with E-state index in [9.17, 15) is 14.7 Å². The van der Waals surface area contributed by atoms with Gasteiger partial charge in [0.2, 0.25) is 5.76 Å². The molecule has 1 radical (unpaired) electrons. The van der Waals surface area contributed by atoms with Crippen LogP contribution in [0.15, 0.2) is 23.7 Å². The summed E-state index contributed by atoms with van der Waals surface area (Å²) in [7, 11) is 0. The Hall–Kier alpha value is -1.58. The number of allylic oxidation sites excluding steroid dienone is 4. The summed E-state index contributed by atoms with van der Waals surface area (Å²) in [4.78, 5) is 22.4. The predicted molar refractivity (Wildman–Crippen MR) is 105 cm³/mol. The van der Waals surface area contributed by atoms with Crippen LogP contribution in [-0.4, -0.2) is 22.3 Å². The molecule has 1 aliphatic rings. The minimum absolute atomic E-state index is 0.0716. The number of ketones is 1. The van der Waals surface area contributed by atoms with Gasteiger partial charge in [0.05, 0.1) is 0 Å². The van der Waals surface area contributed by atoms with Crippen molar-refractivity contribution in [3.05, 3.63) is 23.7 Å². The Labute approximate surface area is 158 Å². The highest BCUT2D eigenvalue weighted by Gasteiger charge is 2.32. The van der Waals surface area contributed by atoms with Crippen LogP contribution in [0.1, 0.15) is 85.0 Å². The molecule has 1 fully saturated rings. The van der Waals surface area contributed by atoms with Gasteiger partial charge in [-0.2, -0.15) is 0 Å². The molecule has 147 valence electrons. The molecule has 0 aromatic rings. The monoisotopic (exact) mass is 363 g/mol. The van der Waals surface area contributed by atoms with Gasteiger partial charge >= 0.3 is 0 Å². The summed E-state index contributed by atoms with van der Waals surface area (Å²) < 4.78 is 0. The van der Waals surface area contributed by atoms with Gasteiger partial charge in [0, 0.05) is 18.8 Å². The van der Waals surface area contributed by atoms with Gasteiger partial charge < -0.3 is 10.2 Å². The van der Waals surface area contributed by atoms with E-state index in [1.807, 2.05) is 0 Å². The predicted octanol–water partition coefficient (Wildman–Crippen LogP) is 5.74. The van der Waals surface area contributed by atoms with Gasteiger partial charge in [-0.15, -0.1) is 0 Å². The molecule has 1 saturated carbocycles. The molecule has 0 spiro atoms. The van der Waals surface area contributed by atoms with Crippen molar-refractivity contribution in [2.75, 3.05) is 0 Å². The van der Waals surface area contributed by atoms with E-state index in [1.165, 1.54) is 25.5 Å². The molecule has 0 bridgehead atoms. The van der Waals surface area contributed by atoms with Crippen LogP contribution in [0, 0.1) is 17.3 Å². The Morgan fingerprint density at radius 2 is 2.00 bits per heavy atom. The van der Waals surface area contributed by atoms with Crippen molar-refractivity contribution in [3.8, 4) is 0 Å². The molecule has 2 N–H and O–H groups in total. The van der Waals surface area contributed by atoms with Gasteiger partial charge in [-0.25, -0.2) is 0 Å².